The van der Waals surface area contributed by atoms with Gasteiger partial charge in [0.05, 0.1) is 18.0 Å². The molecule has 1 amide bonds. The molecule has 4 atom stereocenters. The average Bonchev–Trinajstić information content (AvgIpc) is 2.90. The van der Waals surface area contributed by atoms with Crippen molar-refractivity contribution in [1.82, 2.24) is 14.9 Å². The summed E-state index contributed by atoms with van der Waals surface area (Å²) in [5, 5.41) is 0. The van der Waals surface area contributed by atoms with E-state index in [2.05, 4.69) is 23.9 Å². The first-order valence-electron chi connectivity index (χ1n) is 13.3. The summed E-state index contributed by atoms with van der Waals surface area (Å²) >= 11 is 0. The SMILES string of the molecule is [C-]#[N+]C1=C[C@@]2(C)c3nc(C4C=CN(C(=O)OC(C)(C)C)CC4)nc(-c4ccccc4)c3CC[C@@H]2[C@@H](C)C1=O. The molecule has 1 aromatic heterocycles. The highest BCUT2D eigenvalue weighted by Gasteiger charge is 2.49. The van der Waals surface area contributed by atoms with Crippen LogP contribution in [0.1, 0.15) is 70.5 Å². The monoisotopic (exact) mass is 510 g/mol. The molecule has 0 spiro atoms. The molecule has 7 nitrogen and oxygen atoms in total. The zero-order valence-electron chi connectivity index (χ0n) is 22.7. The number of hydrogen-bond acceptors (Lipinski definition) is 5. The molecule has 1 aromatic carbocycles. The van der Waals surface area contributed by atoms with E-state index in [-0.39, 0.29) is 35.3 Å². The maximum Gasteiger partial charge on any atom is 0.414 e. The zero-order valence-corrected chi connectivity index (χ0v) is 22.7. The standard InChI is InChI=1S/C31H34N4O3/c1-19-23-13-12-22-25(20-10-8-7-9-11-20)33-28(34-27(22)31(23,5)18-24(32-6)26(19)36)21-14-16-35(17-15-21)29(37)38-30(2,3)4/h7-11,14,16,18-19,21,23H,12-13,15,17H2,1-5H3/t19-,21?,23-,31-/m1/s1. The Kier molecular flexibility index (Phi) is 6.46. The number of carbonyl (C=O) groups is 2. The smallest absolute Gasteiger partial charge is 0.414 e. The number of rotatable bonds is 2. The van der Waals surface area contributed by atoms with Crippen molar-refractivity contribution in [3.63, 3.8) is 0 Å². The molecule has 0 saturated carbocycles. The topological polar surface area (TPSA) is 76.8 Å². The van der Waals surface area contributed by atoms with Gasteiger partial charge in [0.25, 0.3) is 0 Å². The summed E-state index contributed by atoms with van der Waals surface area (Å²) in [6, 6.07) is 10.1. The number of nitrogens with zero attached hydrogens (tertiary/aromatic N) is 4. The third kappa shape index (κ3) is 4.53. The minimum atomic E-state index is -0.559. The molecule has 0 bridgehead atoms. The van der Waals surface area contributed by atoms with Crippen molar-refractivity contribution in [2.45, 2.75) is 70.8 Å². The van der Waals surface area contributed by atoms with E-state index in [1.54, 1.807) is 11.1 Å². The van der Waals surface area contributed by atoms with Gasteiger partial charge in [-0.15, -0.1) is 0 Å². The molecular weight excluding hydrogens is 476 g/mol. The Labute approximate surface area is 224 Å². The Hall–Kier alpha value is -3.79. The Balaban J connectivity index is 1.60. The van der Waals surface area contributed by atoms with E-state index in [1.165, 1.54) is 0 Å². The lowest BCUT2D eigenvalue weighted by molar-refractivity contribution is -0.121. The maximum absolute atomic E-state index is 12.9. The summed E-state index contributed by atoms with van der Waals surface area (Å²) < 4.78 is 5.53. The minimum Gasteiger partial charge on any atom is -0.443 e. The van der Waals surface area contributed by atoms with Gasteiger partial charge < -0.3 is 9.53 Å². The highest BCUT2D eigenvalue weighted by molar-refractivity contribution is 6.00. The van der Waals surface area contributed by atoms with E-state index in [1.807, 2.05) is 58.0 Å². The third-order valence-corrected chi connectivity index (χ3v) is 8.02. The predicted molar refractivity (Wildman–Crippen MR) is 145 cm³/mol. The summed E-state index contributed by atoms with van der Waals surface area (Å²) in [7, 11) is 0. The largest absolute Gasteiger partial charge is 0.443 e. The van der Waals surface area contributed by atoms with E-state index in [0.29, 0.717) is 18.8 Å². The summed E-state index contributed by atoms with van der Waals surface area (Å²) in [6.45, 7) is 17.8. The van der Waals surface area contributed by atoms with E-state index < -0.39 is 11.0 Å². The summed E-state index contributed by atoms with van der Waals surface area (Å²) in [4.78, 5) is 40.9. The van der Waals surface area contributed by atoms with Gasteiger partial charge in [0.1, 0.15) is 11.4 Å². The number of amides is 1. The molecule has 2 aromatic rings. The molecule has 0 radical (unpaired) electrons. The van der Waals surface area contributed by atoms with Crippen molar-refractivity contribution >= 4 is 11.9 Å². The van der Waals surface area contributed by atoms with Gasteiger partial charge >= 0.3 is 6.09 Å². The number of ether oxygens (including phenoxy) is 1. The summed E-state index contributed by atoms with van der Waals surface area (Å²) in [6.07, 6.45) is 7.53. The third-order valence-electron chi connectivity index (χ3n) is 8.02. The van der Waals surface area contributed by atoms with Crippen LogP contribution in [0.3, 0.4) is 0 Å². The first-order chi connectivity index (χ1) is 18.0. The summed E-state index contributed by atoms with van der Waals surface area (Å²) in [5.74, 6) is 0.395. The second kappa shape index (κ2) is 9.50. The van der Waals surface area contributed by atoms with Crippen LogP contribution in [0, 0.1) is 18.4 Å². The van der Waals surface area contributed by atoms with Gasteiger partial charge in [-0.2, -0.15) is 0 Å². The Morgan fingerprint density at radius 1 is 1.18 bits per heavy atom. The van der Waals surface area contributed by atoms with Gasteiger partial charge in [-0.1, -0.05) is 56.3 Å². The van der Waals surface area contributed by atoms with Crippen LogP contribution in [0.2, 0.25) is 0 Å². The summed E-state index contributed by atoms with van der Waals surface area (Å²) in [5.41, 5.74) is 3.06. The molecule has 0 N–H and O–H groups in total. The molecule has 38 heavy (non-hydrogen) atoms. The number of ketones is 1. The zero-order chi connectivity index (χ0) is 27.2. The maximum atomic E-state index is 12.9. The first kappa shape index (κ1) is 25.8. The van der Waals surface area contributed by atoms with Crippen LogP contribution in [-0.2, 0) is 21.4 Å². The molecule has 0 saturated heterocycles. The fourth-order valence-electron chi connectivity index (χ4n) is 6.11. The van der Waals surface area contributed by atoms with Gasteiger partial charge in [0.15, 0.2) is 5.78 Å². The lowest BCUT2D eigenvalue weighted by Crippen LogP contribution is -2.46. The molecule has 1 aliphatic heterocycles. The van der Waals surface area contributed by atoms with E-state index in [4.69, 9.17) is 21.3 Å². The lowest BCUT2D eigenvalue weighted by atomic mass is 9.58. The van der Waals surface area contributed by atoms with Crippen LogP contribution in [0.15, 0.2) is 54.4 Å². The van der Waals surface area contributed by atoms with Gasteiger partial charge in [-0.25, -0.2) is 19.6 Å². The van der Waals surface area contributed by atoms with Crippen molar-refractivity contribution in [3.05, 3.63) is 82.9 Å². The van der Waals surface area contributed by atoms with Crippen LogP contribution < -0.4 is 0 Å². The quantitative estimate of drug-likeness (QED) is 0.448. The normalized spacial score (nSPS) is 26.6. The number of hydrogen-bond donors (Lipinski definition) is 0. The average molecular weight is 511 g/mol. The Morgan fingerprint density at radius 2 is 1.92 bits per heavy atom. The minimum absolute atomic E-state index is 0.0686. The van der Waals surface area contributed by atoms with Crippen molar-refractivity contribution in [1.29, 1.82) is 0 Å². The fourth-order valence-corrected chi connectivity index (χ4v) is 6.11. The van der Waals surface area contributed by atoms with Gasteiger partial charge in [0, 0.05) is 41.1 Å². The van der Waals surface area contributed by atoms with Crippen molar-refractivity contribution in [3.8, 4) is 11.3 Å². The molecule has 0 fully saturated rings. The van der Waals surface area contributed by atoms with Crippen molar-refractivity contribution in [2.24, 2.45) is 11.8 Å². The molecular formula is C31H34N4O3. The number of benzene rings is 1. The van der Waals surface area contributed by atoms with Crippen LogP contribution in [0.25, 0.3) is 16.1 Å². The van der Waals surface area contributed by atoms with Crippen LogP contribution in [-0.4, -0.2) is 38.9 Å². The Bertz CT molecular complexity index is 1380. The highest BCUT2D eigenvalue weighted by atomic mass is 16.6. The van der Waals surface area contributed by atoms with E-state index >= 15 is 0 Å². The highest BCUT2D eigenvalue weighted by Crippen LogP contribution is 2.51. The number of fused-ring (bicyclic) bond motifs is 3. The Morgan fingerprint density at radius 3 is 2.55 bits per heavy atom. The van der Waals surface area contributed by atoms with Gasteiger partial charge in [0.2, 0.25) is 5.70 Å². The van der Waals surface area contributed by atoms with E-state index in [0.717, 1.165) is 35.4 Å². The molecule has 196 valence electrons. The first-order valence-corrected chi connectivity index (χ1v) is 13.3. The number of allylic oxidation sites excluding steroid dienone is 3. The molecule has 1 unspecified atom stereocenters. The fraction of sp³-hybridized carbons (Fsp3) is 0.452. The van der Waals surface area contributed by atoms with Crippen LogP contribution >= 0.6 is 0 Å². The molecule has 3 aliphatic rings. The molecule has 2 heterocycles. The number of aromatic nitrogens is 2. The second-order valence-electron chi connectivity index (χ2n) is 11.8. The molecule has 7 heteroatoms. The second-order valence-corrected chi connectivity index (χ2v) is 11.8. The lowest BCUT2D eigenvalue weighted by Gasteiger charge is -2.46. The van der Waals surface area contributed by atoms with Gasteiger partial charge in [-0.05, 0) is 46.0 Å². The van der Waals surface area contributed by atoms with Crippen molar-refractivity contribution in [2.75, 3.05) is 6.54 Å². The number of carbonyl (C=O) groups excluding carboxylic acids is 2. The van der Waals surface area contributed by atoms with E-state index in [9.17, 15) is 9.59 Å². The van der Waals surface area contributed by atoms with Gasteiger partial charge in [-0.3, -0.25) is 4.90 Å². The molecule has 5 rings (SSSR count). The number of Topliss-reactive ketones (excluding diaryl/α,β-unsaturated/α-hetero) is 1. The van der Waals surface area contributed by atoms with Crippen molar-refractivity contribution < 1.29 is 14.3 Å². The van der Waals surface area contributed by atoms with Crippen LogP contribution in [0.4, 0.5) is 4.79 Å². The predicted octanol–water partition coefficient (Wildman–Crippen LogP) is 6.22. The molecule has 2 aliphatic carbocycles. The van der Waals surface area contributed by atoms with Crippen LogP contribution in [0.5, 0.6) is 0 Å².